The van der Waals surface area contributed by atoms with E-state index in [1.807, 2.05) is 42.4 Å². The minimum absolute atomic E-state index is 0.00793. The Hall–Kier alpha value is -2.85. The van der Waals surface area contributed by atoms with E-state index in [9.17, 15) is 14.6 Å². The zero-order valence-electron chi connectivity index (χ0n) is 20.4. The van der Waals surface area contributed by atoms with Crippen molar-refractivity contribution >= 4 is 11.6 Å². The molecule has 2 heterocycles. The third-order valence-corrected chi connectivity index (χ3v) is 6.72. The first-order valence-electron chi connectivity index (χ1n) is 11.8. The number of ether oxygens (including phenoxy) is 3. The summed E-state index contributed by atoms with van der Waals surface area (Å²) in [5.74, 6) is 1.97. The molecule has 0 spiro atoms. The van der Waals surface area contributed by atoms with E-state index in [0.29, 0.717) is 44.2 Å². The Morgan fingerprint density at radius 2 is 2.06 bits per heavy atom. The molecule has 2 aromatic carbocycles. The van der Waals surface area contributed by atoms with Crippen LogP contribution in [0.5, 0.6) is 17.2 Å². The molecule has 0 saturated carbocycles. The number of aromatic nitrogens is 2. The lowest BCUT2D eigenvalue weighted by Gasteiger charge is -2.42. The van der Waals surface area contributed by atoms with Crippen LogP contribution in [-0.4, -0.2) is 65.2 Å². The first-order valence-corrected chi connectivity index (χ1v) is 12.2. The standard InChI is InChI=1S/C26H31ClFN3O5/c1-18-29-8-10-31(18)11-12-35-23-6-3-19(13-24(23)34-2)15-30-9-7-25(32)26(33,16-30)17-36-20-4-5-21(27)22(28)14-20/h3-6,8,10,13-14,25,32-33H,7,9,11-12,15-17H2,1-2H3/p+1. The van der Waals surface area contributed by atoms with E-state index in [1.54, 1.807) is 7.11 Å². The highest BCUT2D eigenvalue weighted by Crippen LogP contribution is 2.30. The van der Waals surface area contributed by atoms with Gasteiger partial charge >= 0.3 is 0 Å². The number of β-amino-alcohol motifs (C(OH)–C–C–N with tert-alkyl or cyclic N) is 1. The lowest BCUT2D eigenvalue weighted by Crippen LogP contribution is -2.59. The molecule has 1 aliphatic rings. The average molecular weight is 521 g/mol. The number of imidazole rings is 1. The number of aliphatic hydroxyl groups excluding tert-OH is 1. The Morgan fingerprint density at radius 1 is 1.22 bits per heavy atom. The molecule has 1 aromatic heterocycles. The topological polar surface area (TPSA) is 91.1 Å². The molecule has 3 aromatic rings. The van der Waals surface area contributed by atoms with E-state index in [0.717, 1.165) is 17.5 Å². The van der Waals surface area contributed by atoms with Crippen molar-refractivity contribution in [2.45, 2.75) is 38.1 Å². The largest absolute Gasteiger partial charge is 0.493 e. The molecule has 2 unspecified atom stereocenters. The molecule has 1 saturated heterocycles. The fourth-order valence-electron chi connectivity index (χ4n) is 4.32. The van der Waals surface area contributed by atoms with Crippen LogP contribution in [0.1, 0.15) is 17.8 Å². The van der Waals surface area contributed by atoms with Crippen LogP contribution >= 0.6 is 11.6 Å². The van der Waals surface area contributed by atoms with Gasteiger partial charge in [-0.05, 0) is 36.2 Å². The van der Waals surface area contributed by atoms with Crippen molar-refractivity contribution < 1.29 is 33.4 Å². The SMILES string of the molecule is COc1cc(CN2CCC(O)C(O)(COc3ccc(Cl)c(F)c3)C2)ccc1OCC[n+]1cc[nH]c1C. The van der Waals surface area contributed by atoms with Crippen molar-refractivity contribution in [2.24, 2.45) is 0 Å². The molecule has 0 amide bonds. The van der Waals surface area contributed by atoms with Crippen LogP contribution in [0, 0.1) is 12.7 Å². The smallest absolute Gasteiger partial charge is 0.251 e. The van der Waals surface area contributed by atoms with Crippen LogP contribution in [0.15, 0.2) is 48.8 Å². The van der Waals surface area contributed by atoms with E-state index >= 15 is 0 Å². The molecule has 4 rings (SSSR count). The summed E-state index contributed by atoms with van der Waals surface area (Å²) in [5, 5.41) is 21.6. The van der Waals surface area contributed by atoms with E-state index in [1.165, 1.54) is 12.1 Å². The Balaban J connectivity index is 1.35. The molecular formula is C26H32ClFN3O5+. The van der Waals surface area contributed by atoms with Crippen LogP contribution in [0.4, 0.5) is 4.39 Å². The second-order valence-electron chi connectivity index (χ2n) is 9.06. The van der Waals surface area contributed by atoms with Gasteiger partial charge in [0.2, 0.25) is 0 Å². The predicted octanol–water partition coefficient (Wildman–Crippen LogP) is 2.87. The highest BCUT2D eigenvalue weighted by atomic mass is 35.5. The molecule has 0 aliphatic carbocycles. The number of aryl methyl sites for hydroxylation is 1. The molecule has 194 valence electrons. The van der Waals surface area contributed by atoms with E-state index in [2.05, 4.69) is 9.55 Å². The summed E-state index contributed by atoms with van der Waals surface area (Å²) in [6.07, 6.45) is 3.27. The molecule has 36 heavy (non-hydrogen) atoms. The predicted molar refractivity (Wildman–Crippen MR) is 132 cm³/mol. The van der Waals surface area contributed by atoms with Gasteiger partial charge in [-0.1, -0.05) is 17.7 Å². The normalized spacial score (nSPS) is 20.3. The summed E-state index contributed by atoms with van der Waals surface area (Å²) in [7, 11) is 1.60. The maximum absolute atomic E-state index is 13.7. The van der Waals surface area contributed by atoms with Crippen LogP contribution in [0.2, 0.25) is 5.02 Å². The zero-order chi connectivity index (χ0) is 25.7. The number of benzene rings is 2. The highest BCUT2D eigenvalue weighted by molar-refractivity contribution is 6.30. The number of hydrogen-bond donors (Lipinski definition) is 3. The molecule has 0 bridgehead atoms. The monoisotopic (exact) mass is 520 g/mol. The molecule has 0 radical (unpaired) electrons. The van der Waals surface area contributed by atoms with Crippen molar-refractivity contribution in [3.8, 4) is 17.2 Å². The summed E-state index contributed by atoms with van der Waals surface area (Å²) < 4.78 is 32.9. The number of likely N-dealkylation sites (tertiary alicyclic amines) is 1. The number of piperidine rings is 1. The third-order valence-electron chi connectivity index (χ3n) is 6.42. The fourth-order valence-corrected chi connectivity index (χ4v) is 4.44. The molecule has 10 heteroatoms. The van der Waals surface area contributed by atoms with Crippen LogP contribution < -0.4 is 18.8 Å². The maximum Gasteiger partial charge on any atom is 0.251 e. The molecule has 2 atom stereocenters. The Kier molecular flexibility index (Phi) is 8.35. The van der Waals surface area contributed by atoms with Crippen LogP contribution in [-0.2, 0) is 13.1 Å². The fraction of sp³-hybridized carbons (Fsp3) is 0.423. The highest BCUT2D eigenvalue weighted by Gasteiger charge is 2.42. The molecule has 3 N–H and O–H groups in total. The lowest BCUT2D eigenvalue weighted by molar-refractivity contribution is -0.702. The average Bonchev–Trinajstić information content (AvgIpc) is 3.27. The number of methoxy groups -OCH3 is 1. The minimum atomic E-state index is -1.50. The summed E-state index contributed by atoms with van der Waals surface area (Å²) >= 11 is 5.71. The van der Waals surface area contributed by atoms with Gasteiger partial charge in [-0.3, -0.25) is 4.90 Å². The number of halogens is 2. The van der Waals surface area contributed by atoms with Crippen molar-refractivity contribution in [3.05, 3.63) is 71.0 Å². The molecule has 1 fully saturated rings. The first kappa shape index (κ1) is 26.2. The minimum Gasteiger partial charge on any atom is -0.493 e. The van der Waals surface area contributed by atoms with E-state index in [4.69, 9.17) is 25.8 Å². The lowest BCUT2D eigenvalue weighted by atomic mass is 9.90. The summed E-state index contributed by atoms with van der Waals surface area (Å²) in [5.41, 5.74) is -0.523. The summed E-state index contributed by atoms with van der Waals surface area (Å²) in [6, 6.07) is 9.83. The van der Waals surface area contributed by atoms with Gasteiger partial charge in [0.25, 0.3) is 5.82 Å². The molecule has 1 aliphatic heterocycles. The van der Waals surface area contributed by atoms with E-state index in [-0.39, 0.29) is 23.9 Å². The first-order chi connectivity index (χ1) is 17.3. The van der Waals surface area contributed by atoms with Crippen molar-refractivity contribution in [2.75, 3.05) is 33.4 Å². The number of nitrogens with one attached hydrogen (secondary N) is 1. The second kappa shape index (κ2) is 11.5. The van der Waals surface area contributed by atoms with Crippen molar-refractivity contribution in [3.63, 3.8) is 0 Å². The number of rotatable bonds is 10. The summed E-state index contributed by atoms with van der Waals surface area (Å²) in [6.45, 7) is 4.36. The van der Waals surface area contributed by atoms with Gasteiger partial charge in [0.15, 0.2) is 11.5 Å². The van der Waals surface area contributed by atoms with Gasteiger partial charge in [-0.2, -0.15) is 0 Å². The van der Waals surface area contributed by atoms with Crippen LogP contribution in [0.3, 0.4) is 0 Å². The van der Waals surface area contributed by atoms with Gasteiger partial charge < -0.3 is 24.4 Å². The number of H-pyrrole nitrogens is 1. The number of hydrogen-bond acceptors (Lipinski definition) is 6. The summed E-state index contributed by atoms with van der Waals surface area (Å²) in [4.78, 5) is 5.17. The van der Waals surface area contributed by atoms with Gasteiger partial charge in [0.05, 0.1) is 18.2 Å². The number of aliphatic hydroxyl groups is 2. The Morgan fingerprint density at radius 3 is 2.78 bits per heavy atom. The quantitative estimate of drug-likeness (QED) is 0.356. The maximum atomic E-state index is 13.7. The number of nitrogens with zero attached hydrogens (tertiary/aromatic N) is 2. The van der Waals surface area contributed by atoms with Gasteiger partial charge in [-0.25, -0.2) is 13.9 Å². The molecule has 8 nitrogen and oxygen atoms in total. The molecular weight excluding hydrogens is 489 g/mol. The zero-order valence-corrected chi connectivity index (χ0v) is 21.2. The third kappa shape index (κ3) is 6.28. The number of aromatic amines is 1. The van der Waals surface area contributed by atoms with Crippen molar-refractivity contribution in [1.82, 2.24) is 9.88 Å². The van der Waals surface area contributed by atoms with Crippen molar-refractivity contribution in [1.29, 1.82) is 0 Å². The van der Waals surface area contributed by atoms with E-state index < -0.39 is 17.5 Å². The second-order valence-corrected chi connectivity index (χ2v) is 9.46. The van der Waals surface area contributed by atoms with Crippen LogP contribution in [0.25, 0.3) is 0 Å². The Bertz CT molecular complexity index is 1180. The Labute approximate surface area is 214 Å². The van der Waals surface area contributed by atoms with Gasteiger partial charge in [0, 0.05) is 32.6 Å². The van der Waals surface area contributed by atoms with Gasteiger partial charge in [-0.15, -0.1) is 0 Å². The van der Waals surface area contributed by atoms with Gasteiger partial charge in [0.1, 0.15) is 49.3 Å².